The molecule has 0 bridgehead atoms. The molecule has 6 nitrogen and oxygen atoms in total. The largest absolute Gasteiger partial charge is 0.465 e. The van der Waals surface area contributed by atoms with E-state index in [1.165, 1.54) is 19.4 Å². The molecule has 1 aliphatic heterocycles. The first-order chi connectivity index (χ1) is 11.9. The van der Waals surface area contributed by atoms with Gasteiger partial charge in [0.15, 0.2) is 4.91 Å². The van der Waals surface area contributed by atoms with Crippen molar-refractivity contribution in [3.8, 4) is 6.07 Å². The first-order valence-corrected chi connectivity index (χ1v) is 8.82. The molecule has 0 amide bonds. The van der Waals surface area contributed by atoms with Gasteiger partial charge in [0, 0.05) is 11.9 Å². The summed E-state index contributed by atoms with van der Waals surface area (Å²) in [7, 11) is -2.57. The molecule has 0 atom stereocenters. The van der Waals surface area contributed by atoms with Crippen molar-refractivity contribution in [3.05, 3.63) is 64.7 Å². The van der Waals surface area contributed by atoms with Crippen LogP contribution in [0.4, 0.5) is 11.4 Å². The zero-order valence-electron chi connectivity index (χ0n) is 13.6. The van der Waals surface area contributed by atoms with Gasteiger partial charge < -0.3 is 9.64 Å². The molecular weight excluding hydrogens is 340 g/mol. The smallest absolute Gasteiger partial charge is 0.337 e. The van der Waals surface area contributed by atoms with E-state index in [2.05, 4.69) is 0 Å². The standard InChI is InChI=1S/C18H14N2O4S/c1-12-6-7-17-16(8-12)20(11-15(10-19)25(17,22)23)14-5-3-4-13(9-14)18(21)24-2/h3-9,11H,1-2H3. The van der Waals surface area contributed by atoms with Gasteiger partial charge >= 0.3 is 5.97 Å². The van der Waals surface area contributed by atoms with E-state index in [1.807, 2.05) is 6.92 Å². The Bertz CT molecular complexity index is 1050. The molecule has 0 saturated heterocycles. The van der Waals surface area contributed by atoms with Gasteiger partial charge in [0.1, 0.15) is 6.07 Å². The molecule has 7 heteroatoms. The zero-order valence-corrected chi connectivity index (χ0v) is 14.4. The molecule has 1 heterocycles. The molecule has 0 spiro atoms. The lowest BCUT2D eigenvalue weighted by atomic mass is 10.1. The lowest BCUT2D eigenvalue weighted by Gasteiger charge is -2.28. The molecule has 0 saturated carbocycles. The fourth-order valence-electron chi connectivity index (χ4n) is 2.62. The number of esters is 1. The van der Waals surface area contributed by atoms with Crippen molar-refractivity contribution in [2.24, 2.45) is 0 Å². The molecule has 0 N–H and O–H groups in total. The van der Waals surface area contributed by atoms with Crippen LogP contribution in [0.5, 0.6) is 0 Å². The first kappa shape index (κ1) is 16.7. The lowest BCUT2D eigenvalue weighted by Crippen LogP contribution is -2.21. The Morgan fingerprint density at radius 1 is 1.20 bits per heavy atom. The topological polar surface area (TPSA) is 87.5 Å². The predicted octanol–water partition coefficient (Wildman–Crippen LogP) is 3.07. The normalized spacial score (nSPS) is 14.9. The van der Waals surface area contributed by atoms with E-state index in [4.69, 9.17) is 4.74 Å². The number of sulfone groups is 1. The summed E-state index contributed by atoms with van der Waals surface area (Å²) in [4.78, 5) is 13.1. The fraction of sp³-hybridized carbons (Fsp3) is 0.111. The van der Waals surface area contributed by atoms with Gasteiger partial charge in [-0.2, -0.15) is 5.26 Å². The number of fused-ring (bicyclic) bond motifs is 1. The maximum absolute atomic E-state index is 12.6. The van der Waals surface area contributed by atoms with Gasteiger partial charge in [0.25, 0.3) is 0 Å². The number of hydrogen-bond acceptors (Lipinski definition) is 6. The van der Waals surface area contributed by atoms with E-state index in [1.54, 1.807) is 47.4 Å². The van der Waals surface area contributed by atoms with Crippen molar-refractivity contribution in [3.63, 3.8) is 0 Å². The third-order valence-corrected chi connectivity index (χ3v) is 5.55. The maximum Gasteiger partial charge on any atom is 0.337 e. The molecule has 0 unspecified atom stereocenters. The minimum Gasteiger partial charge on any atom is -0.465 e. The van der Waals surface area contributed by atoms with Crippen LogP contribution < -0.4 is 4.90 Å². The van der Waals surface area contributed by atoms with E-state index in [-0.39, 0.29) is 9.80 Å². The third-order valence-electron chi connectivity index (χ3n) is 3.85. The van der Waals surface area contributed by atoms with Gasteiger partial charge in [0.2, 0.25) is 9.84 Å². The predicted molar refractivity (Wildman–Crippen MR) is 92.0 cm³/mol. The lowest BCUT2D eigenvalue weighted by molar-refractivity contribution is 0.0600. The Labute approximate surface area is 145 Å². The molecule has 0 aliphatic carbocycles. The SMILES string of the molecule is COC(=O)c1cccc(N2C=C(C#N)S(=O)(=O)c3ccc(C)cc32)c1. The molecule has 0 aromatic heterocycles. The van der Waals surface area contributed by atoms with E-state index in [0.29, 0.717) is 16.9 Å². The van der Waals surface area contributed by atoms with Crippen molar-refractivity contribution in [1.29, 1.82) is 5.26 Å². The van der Waals surface area contributed by atoms with Gasteiger partial charge in [-0.3, -0.25) is 0 Å². The fourth-order valence-corrected chi connectivity index (χ4v) is 3.90. The van der Waals surface area contributed by atoms with Gasteiger partial charge in [0.05, 0.1) is 23.3 Å². The highest BCUT2D eigenvalue weighted by atomic mass is 32.2. The molecular formula is C18H14N2O4S. The number of aryl methyl sites for hydroxylation is 1. The number of anilines is 2. The van der Waals surface area contributed by atoms with Crippen molar-refractivity contribution < 1.29 is 17.9 Å². The summed E-state index contributed by atoms with van der Waals surface area (Å²) in [5, 5.41) is 9.25. The second kappa shape index (κ2) is 6.07. The van der Waals surface area contributed by atoms with Crippen LogP contribution in [0.2, 0.25) is 0 Å². The second-order valence-electron chi connectivity index (χ2n) is 5.49. The number of methoxy groups -OCH3 is 1. The molecule has 126 valence electrons. The van der Waals surface area contributed by atoms with Crippen LogP contribution in [0.15, 0.2) is 58.5 Å². The van der Waals surface area contributed by atoms with Crippen LogP contribution in [-0.4, -0.2) is 21.5 Å². The van der Waals surface area contributed by atoms with Crippen molar-refractivity contribution >= 4 is 27.2 Å². The summed E-state index contributed by atoms with van der Waals surface area (Å²) in [5.41, 5.74) is 2.19. The second-order valence-corrected chi connectivity index (χ2v) is 7.38. The summed E-state index contributed by atoms with van der Waals surface area (Å²) in [6.45, 7) is 1.85. The van der Waals surface area contributed by atoms with Crippen LogP contribution in [-0.2, 0) is 14.6 Å². The Balaban J connectivity index is 2.25. The van der Waals surface area contributed by atoms with Crippen molar-refractivity contribution in [2.75, 3.05) is 12.0 Å². The van der Waals surface area contributed by atoms with Crippen LogP contribution in [0, 0.1) is 18.3 Å². The van der Waals surface area contributed by atoms with Crippen LogP contribution in [0.25, 0.3) is 0 Å². The van der Waals surface area contributed by atoms with Crippen LogP contribution >= 0.6 is 0 Å². The van der Waals surface area contributed by atoms with Crippen LogP contribution in [0.3, 0.4) is 0 Å². The minimum absolute atomic E-state index is 0.0561. The zero-order chi connectivity index (χ0) is 18.2. The highest BCUT2D eigenvalue weighted by Gasteiger charge is 2.32. The van der Waals surface area contributed by atoms with E-state index in [0.717, 1.165) is 5.56 Å². The number of nitrogens with zero attached hydrogens (tertiary/aromatic N) is 2. The molecule has 0 radical (unpaired) electrons. The number of rotatable bonds is 2. The molecule has 3 rings (SSSR count). The minimum atomic E-state index is -3.86. The Kier molecular flexibility index (Phi) is 4.07. The number of allylic oxidation sites excluding steroid dienone is 1. The van der Waals surface area contributed by atoms with Gasteiger partial charge in [-0.05, 0) is 42.8 Å². The van der Waals surface area contributed by atoms with Crippen molar-refractivity contribution in [1.82, 2.24) is 0 Å². The summed E-state index contributed by atoms with van der Waals surface area (Å²) >= 11 is 0. The maximum atomic E-state index is 12.6. The number of benzene rings is 2. The van der Waals surface area contributed by atoms with E-state index in [9.17, 15) is 18.5 Å². The number of hydrogen-bond donors (Lipinski definition) is 0. The van der Waals surface area contributed by atoms with E-state index >= 15 is 0 Å². The highest BCUT2D eigenvalue weighted by molar-refractivity contribution is 7.95. The molecule has 1 aliphatic rings. The number of carbonyl (C=O) groups is 1. The summed E-state index contributed by atoms with van der Waals surface area (Å²) in [5.74, 6) is -0.500. The van der Waals surface area contributed by atoms with E-state index < -0.39 is 15.8 Å². The summed E-state index contributed by atoms with van der Waals surface area (Å²) in [6.07, 6.45) is 1.27. The van der Waals surface area contributed by atoms with Gasteiger partial charge in [-0.1, -0.05) is 12.1 Å². The van der Waals surface area contributed by atoms with Gasteiger partial charge in [-0.25, -0.2) is 13.2 Å². The number of carbonyl (C=O) groups excluding carboxylic acids is 1. The highest BCUT2D eigenvalue weighted by Crippen LogP contribution is 2.39. The summed E-state index contributed by atoms with van der Waals surface area (Å²) in [6, 6.07) is 13.2. The quantitative estimate of drug-likeness (QED) is 0.770. The Hall–Kier alpha value is -3.11. The molecule has 0 fully saturated rings. The number of nitriles is 1. The Morgan fingerprint density at radius 3 is 2.64 bits per heavy atom. The monoisotopic (exact) mass is 354 g/mol. The first-order valence-electron chi connectivity index (χ1n) is 7.34. The molecule has 2 aromatic carbocycles. The third kappa shape index (κ3) is 2.77. The Morgan fingerprint density at radius 2 is 1.96 bits per heavy atom. The number of ether oxygens (including phenoxy) is 1. The molecule has 2 aromatic rings. The molecule has 25 heavy (non-hydrogen) atoms. The average Bonchev–Trinajstić information content (AvgIpc) is 2.61. The van der Waals surface area contributed by atoms with Crippen LogP contribution in [0.1, 0.15) is 15.9 Å². The van der Waals surface area contributed by atoms with Gasteiger partial charge in [-0.15, -0.1) is 0 Å². The summed E-state index contributed by atoms with van der Waals surface area (Å²) < 4.78 is 29.8. The van der Waals surface area contributed by atoms with Crippen molar-refractivity contribution in [2.45, 2.75) is 11.8 Å². The average molecular weight is 354 g/mol.